The number of aromatic hydroxyl groups is 1. The van der Waals surface area contributed by atoms with Crippen molar-refractivity contribution >= 4 is 33.4 Å². The second kappa shape index (κ2) is 6.29. The van der Waals surface area contributed by atoms with Crippen molar-refractivity contribution < 1.29 is 9.90 Å². The van der Waals surface area contributed by atoms with E-state index in [4.69, 9.17) is 11.6 Å². The Balaban J connectivity index is 2.21. The molecule has 2 aromatic carbocycles. The fourth-order valence-electron chi connectivity index (χ4n) is 1.84. The zero-order valence-corrected chi connectivity index (χ0v) is 13.1. The van der Waals surface area contributed by atoms with Crippen LogP contribution in [-0.2, 0) is 6.54 Å². The first-order valence-electron chi connectivity index (χ1n) is 5.96. The smallest absolute Gasteiger partial charge is 0.255 e. The fourth-order valence-corrected chi connectivity index (χ4v) is 2.43. The average molecular weight is 355 g/mol. The highest BCUT2D eigenvalue weighted by Gasteiger charge is 2.16. The Bertz CT molecular complexity index is 646. The molecule has 0 saturated heterocycles. The minimum absolute atomic E-state index is 0.164. The van der Waals surface area contributed by atoms with Gasteiger partial charge in [-0.05, 0) is 40.2 Å². The number of carbonyl (C=O) groups excluding carboxylic acids is 1. The molecule has 20 heavy (non-hydrogen) atoms. The summed E-state index contributed by atoms with van der Waals surface area (Å²) in [7, 11) is 1.68. The van der Waals surface area contributed by atoms with Crippen LogP contribution in [0.25, 0.3) is 0 Å². The zero-order chi connectivity index (χ0) is 14.7. The van der Waals surface area contributed by atoms with E-state index in [1.54, 1.807) is 43.4 Å². The lowest BCUT2D eigenvalue weighted by atomic mass is 10.1. The quantitative estimate of drug-likeness (QED) is 0.902. The summed E-state index contributed by atoms with van der Waals surface area (Å²) in [6, 6.07) is 12.0. The van der Waals surface area contributed by atoms with Gasteiger partial charge in [-0.25, -0.2) is 0 Å². The molecular formula is C15H13BrClNO2. The lowest BCUT2D eigenvalue weighted by Crippen LogP contribution is -2.26. The molecule has 0 radical (unpaired) electrons. The number of carbonyl (C=O) groups is 1. The van der Waals surface area contributed by atoms with Crippen LogP contribution in [0.2, 0.25) is 5.02 Å². The van der Waals surface area contributed by atoms with Gasteiger partial charge in [0.25, 0.3) is 5.91 Å². The summed E-state index contributed by atoms with van der Waals surface area (Å²) in [6.07, 6.45) is 0. The number of hydrogen-bond donors (Lipinski definition) is 1. The Labute approximate surface area is 130 Å². The molecule has 0 unspecified atom stereocenters. The third-order valence-corrected chi connectivity index (χ3v) is 3.83. The van der Waals surface area contributed by atoms with Crippen molar-refractivity contribution in [2.24, 2.45) is 0 Å². The molecule has 0 aliphatic rings. The maximum Gasteiger partial charge on any atom is 0.255 e. The van der Waals surface area contributed by atoms with Crippen LogP contribution in [0.4, 0.5) is 0 Å². The molecule has 0 atom stereocenters. The SMILES string of the molecule is CN(Cc1ccccc1O)C(=O)c1cc(Cl)ccc1Br. The Morgan fingerprint density at radius 3 is 2.70 bits per heavy atom. The second-order valence-electron chi connectivity index (χ2n) is 4.41. The molecule has 0 aliphatic carbocycles. The molecule has 0 aliphatic heterocycles. The van der Waals surface area contributed by atoms with Crippen LogP contribution in [0.5, 0.6) is 5.75 Å². The van der Waals surface area contributed by atoms with Crippen molar-refractivity contribution in [3.63, 3.8) is 0 Å². The number of benzene rings is 2. The Hall–Kier alpha value is -1.52. The molecule has 1 N–H and O–H groups in total. The molecule has 2 rings (SSSR count). The van der Waals surface area contributed by atoms with Gasteiger partial charge in [0.05, 0.1) is 5.56 Å². The molecule has 5 heteroatoms. The summed E-state index contributed by atoms with van der Waals surface area (Å²) >= 11 is 9.26. The monoisotopic (exact) mass is 353 g/mol. The molecular weight excluding hydrogens is 342 g/mol. The minimum Gasteiger partial charge on any atom is -0.508 e. The molecule has 0 aromatic heterocycles. The van der Waals surface area contributed by atoms with Crippen LogP contribution < -0.4 is 0 Å². The lowest BCUT2D eigenvalue weighted by molar-refractivity contribution is 0.0783. The van der Waals surface area contributed by atoms with Gasteiger partial charge in [0.1, 0.15) is 5.75 Å². The summed E-state index contributed by atoms with van der Waals surface area (Å²) in [5, 5.41) is 10.2. The van der Waals surface area contributed by atoms with E-state index in [0.29, 0.717) is 27.2 Å². The number of amides is 1. The largest absolute Gasteiger partial charge is 0.508 e. The van der Waals surface area contributed by atoms with Crippen molar-refractivity contribution in [3.8, 4) is 5.75 Å². The minimum atomic E-state index is -0.164. The van der Waals surface area contributed by atoms with Crippen molar-refractivity contribution in [2.75, 3.05) is 7.05 Å². The summed E-state index contributed by atoms with van der Waals surface area (Å²) in [6.45, 7) is 0.324. The van der Waals surface area contributed by atoms with Gasteiger partial charge < -0.3 is 10.0 Å². The van der Waals surface area contributed by atoms with Crippen molar-refractivity contribution in [3.05, 3.63) is 63.1 Å². The van der Waals surface area contributed by atoms with Crippen molar-refractivity contribution in [2.45, 2.75) is 6.54 Å². The summed E-state index contributed by atoms with van der Waals surface area (Å²) in [5.74, 6) is 0.0138. The van der Waals surface area contributed by atoms with Gasteiger partial charge in [0.15, 0.2) is 0 Å². The highest BCUT2D eigenvalue weighted by Crippen LogP contribution is 2.24. The van der Waals surface area contributed by atoms with Gasteiger partial charge in [-0.15, -0.1) is 0 Å². The van der Waals surface area contributed by atoms with E-state index in [1.165, 1.54) is 4.90 Å². The molecule has 0 saturated carbocycles. The number of halogens is 2. The first-order chi connectivity index (χ1) is 9.49. The first kappa shape index (κ1) is 14.9. The van der Waals surface area contributed by atoms with Crippen LogP contribution >= 0.6 is 27.5 Å². The van der Waals surface area contributed by atoms with Crippen LogP contribution in [0.15, 0.2) is 46.9 Å². The summed E-state index contributed by atoms with van der Waals surface area (Å²) < 4.78 is 0.691. The zero-order valence-electron chi connectivity index (χ0n) is 10.8. The topological polar surface area (TPSA) is 40.5 Å². The number of nitrogens with zero attached hydrogens (tertiary/aromatic N) is 1. The van der Waals surface area contributed by atoms with E-state index >= 15 is 0 Å². The Morgan fingerprint density at radius 1 is 1.30 bits per heavy atom. The van der Waals surface area contributed by atoms with E-state index in [2.05, 4.69) is 15.9 Å². The normalized spacial score (nSPS) is 10.3. The first-order valence-corrected chi connectivity index (χ1v) is 7.13. The molecule has 3 nitrogen and oxygen atoms in total. The maximum atomic E-state index is 12.4. The maximum absolute atomic E-state index is 12.4. The van der Waals surface area contributed by atoms with Crippen LogP contribution in [0.3, 0.4) is 0 Å². The van der Waals surface area contributed by atoms with E-state index < -0.39 is 0 Å². The van der Waals surface area contributed by atoms with Gasteiger partial charge >= 0.3 is 0 Å². The molecule has 1 amide bonds. The highest BCUT2D eigenvalue weighted by molar-refractivity contribution is 9.10. The van der Waals surface area contributed by atoms with E-state index in [-0.39, 0.29) is 11.7 Å². The summed E-state index contributed by atoms with van der Waals surface area (Å²) in [5.41, 5.74) is 1.19. The number of rotatable bonds is 3. The predicted molar refractivity (Wildman–Crippen MR) is 83.1 cm³/mol. The summed E-state index contributed by atoms with van der Waals surface area (Å²) in [4.78, 5) is 13.9. The molecule has 0 fully saturated rings. The van der Waals surface area contributed by atoms with Crippen molar-refractivity contribution in [1.82, 2.24) is 4.90 Å². The predicted octanol–water partition coefficient (Wildman–Crippen LogP) is 4.08. The van der Waals surface area contributed by atoms with Gasteiger partial charge in [-0.3, -0.25) is 4.79 Å². The second-order valence-corrected chi connectivity index (χ2v) is 5.70. The average Bonchev–Trinajstić information content (AvgIpc) is 2.43. The third kappa shape index (κ3) is 3.32. The van der Waals surface area contributed by atoms with Crippen LogP contribution in [-0.4, -0.2) is 23.0 Å². The number of phenols is 1. The van der Waals surface area contributed by atoms with E-state index in [0.717, 1.165) is 0 Å². The van der Waals surface area contributed by atoms with Crippen molar-refractivity contribution in [1.29, 1.82) is 0 Å². The van der Waals surface area contributed by atoms with Gasteiger partial charge in [-0.1, -0.05) is 29.8 Å². The molecule has 0 spiro atoms. The number of hydrogen-bond acceptors (Lipinski definition) is 2. The van der Waals surface area contributed by atoms with E-state index in [1.807, 2.05) is 6.07 Å². The number of phenolic OH excluding ortho intramolecular Hbond substituents is 1. The highest BCUT2D eigenvalue weighted by atomic mass is 79.9. The molecule has 104 valence electrons. The van der Waals surface area contributed by atoms with Gasteiger partial charge in [-0.2, -0.15) is 0 Å². The fraction of sp³-hybridized carbons (Fsp3) is 0.133. The third-order valence-electron chi connectivity index (χ3n) is 2.90. The Morgan fingerprint density at radius 2 is 2.00 bits per heavy atom. The number of para-hydroxylation sites is 1. The van der Waals surface area contributed by atoms with Crippen LogP contribution in [0, 0.1) is 0 Å². The van der Waals surface area contributed by atoms with Gasteiger partial charge in [0, 0.05) is 28.7 Å². The Kier molecular flexibility index (Phi) is 4.68. The molecule has 0 heterocycles. The standard InChI is InChI=1S/C15H13BrClNO2/c1-18(9-10-4-2-3-5-14(10)19)15(20)12-8-11(17)6-7-13(12)16/h2-8,19H,9H2,1H3. The molecule has 0 bridgehead atoms. The van der Waals surface area contributed by atoms with Gasteiger partial charge in [0.2, 0.25) is 0 Å². The van der Waals surface area contributed by atoms with E-state index in [9.17, 15) is 9.90 Å². The van der Waals surface area contributed by atoms with Crippen LogP contribution in [0.1, 0.15) is 15.9 Å². The molecule has 2 aromatic rings. The lowest BCUT2D eigenvalue weighted by Gasteiger charge is -2.18.